The molecule has 2 N–H and O–H groups in total. The Kier molecular flexibility index (Phi) is 8.38. The van der Waals surface area contributed by atoms with Gasteiger partial charge in [0.2, 0.25) is 5.88 Å². The number of rotatable bonds is 9. The quantitative estimate of drug-likeness (QED) is 0.209. The number of ether oxygens (including phenoxy) is 3. The third-order valence-corrected chi connectivity index (χ3v) is 7.51. The average molecular weight is 607 g/mol. The Morgan fingerprint density at radius 2 is 1.79 bits per heavy atom. The second-order valence-corrected chi connectivity index (χ2v) is 11.8. The molecular formula is C30H31FN6O5S. The number of benzene rings is 2. The van der Waals surface area contributed by atoms with E-state index < -0.39 is 29.7 Å². The Bertz CT molecular complexity index is 1790. The number of methoxy groups -OCH3 is 1. The van der Waals surface area contributed by atoms with Crippen molar-refractivity contribution < 1.29 is 28.5 Å². The Hall–Kier alpha value is -4.49. The lowest BCUT2D eigenvalue weighted by atomic mass is 10.1. The summed E-state index contributed by atoms with van der Waals surface area (Å²) in [5, 5.41) is 13.1. The number of aryl methyl sites for hydroxylation is 1. The van der Waals surface area contributed by atoms with E-state index >= 15 is 4.39 Å². The summed E-state index contributed by atoms with van der Waals surface area (Å²) in [7, 11) is 1.54. The lowest BCUT2D eigenvalue weighted by Gasteiger charge is -2.22. The van der Waals surface area contributed by atoms with Crippen molar-refractivity contribution in [3.05, 3.63) is 60.1 Å². The second kappa shape index (κ2) is 12.0. The number of fused-ring (bicyclic) bond motifs is 2. The molecule has 0 saturated carbocycles. The van der Waals surface area contributed by atoms with Gasteiger partial charge in [-0.05, 0) is 52.3 Å². The number of aliphatic hydroxyl groups is 1. The molecule has 43 heavy (non-hydrogen) atoms. The van der Waals surface area contributed by atoms with Crippen LogP contribution in [0, 0.1) is 12.7 Å². The number of nitrogens with one attached hydrogen (secondary N) is 1. The maximum Gasteiger partial charge on any atom is 0.412 e. The number of anilines is 1. The lowest BCUT2D eigenvalue weighted by Crippen LogP contribution is -2.32. The summed E-state index contributed by atoms with van der Waals surface area (Å²) >= 11 is 1.38. The zero-order valence-corrected chi connectivity index (χ0v) is 25.3. The van der Waals surface area contributed by atoms with E-state index in [0.29, 0.717) is 43.6 Å². The van der Waals surface area contributed by atoms with Crippen LogP contribution in [0.4, 0.5) is 14.9 Å². The van der Waals surface area contributed by atoms with Crippen LogP contribution in [0.25, 0.3) is 31.8 Å². The molecule has 0 radical (unpaired) electrons. The topological polar surface area (TPSA) is 141 Å². The van der Waals surface area contributed by atoms with E-state index in [1.165, 1.54) is 36.9 Å². The molecule has 0 spiro atoms. The highest BCUT2D eigenvalue weighted by molar-refractivity contribution is 7.21. The van der Waals surface area contributed by atoms with Crippen LogP contribution in [0.2, 0.25) is 0 Å². The van der Waals surface area contributed by atoms with Gasteiger partial charge in [0.05, 0.1) is 58.2 Å². The first-order valence-corrected chi connectivity index (χ1v) is 14.3. The van der Waals surface area contributed by atoms with Gasteiger partial charge in [-0.1, -0.05) is 0 Å². The molecule has 0 bridgehead atoms. The average Bonchev–Trinajstić information content (AvgIpc) is 3.35. The predicted molar refractivity (Wildman–Crippen MR) is 161 cm³/mol. The Labute approximate surface area is 251 Å². The maximum atomic E-state index is 15.1. The van der Waals surface area contributed by atoms with Crippen LogP contribution in [0.3, 0.4) is 0 Å². The lowest BCUT2D eigenvalue weighted by molar-refractivity contribution is 0.0402. The van der Waals surface area contributed by atoms with Gasteiger partial charge >= 0.3 is 6.09 Å². The number of nitrogens with zero attached hydrogens (tertiary/aromatic N) is 5. The van der Waals surface area contributed by atoms with Crippen LogP contribution in [0.5, 0.6) is 11.6 Å². The molecule has 1 amide bonds. The summed E-state index contributed by atoms with van der Waals surface area (Å²) in [6, 6.07) is 6.80. The standard InChI is InChI=1S/C30H31FN6O5S/c1-15-7-19(27-22(8-15)36-26(40-6)14-34-27)28-37-21-9-20(31)23(10-24(21)43-28)41-16(2)17(3)42-29(38)35-18-12-32-25(33-13-18)11-30(4,5)39/h7-10,12-14,16-17,39H,11H2,1-6H3,(H,35,38)/t16-,17+/m0/s1. The Balaban J connectivity index is 1.28. The minimum absolute atomic E-state index is 0.0143. The zero-order valence-electron chi connectivity index (χ0n) is 24.5. The molecule has 5 rings (SSSR count). The zero-order chi connectivity index (χ0) is 30.9. The van der Waals surface area contributed by atoms with Crippen molar-refractivity contribution in [2.75, 3.05) is 12.4 Å². The van der Waals surface area contributed by atoms with Crippen LogP contribution >= 0.6 is 11.3 Å². The van der Waals surface area contributed by atoms with Crippen molar-refractivity contribution in [3.63, 3.8) is 0 Å². The van der Waals surface area contributed by atoms with Crippen LogP contribution < -0.4 is 14.8 Å². The van der Waals surface area contributed by atoms with Crippen molar-refractivity contribution >= 4 is 44.4 Å². The summed E-state index contributed by atoms with van der Waals surface area (Å²) in [6.45, 7) is 8.60. The molecule has 0 aliphatic rings. The molecule has 5 aromatic rings. The van der Waals surface area contributed by atoms with Gasteiger partial charge in [-0.25, -0.2) is 34.1 Å². The SMILES string of the molecule is COc1cnc2c(-c3nc4cc(F)c(O[C@@H](C)[C@@H](C)OC(=O)Nc5cnc(CC(C)(C)O)nc5)cc4s3)cc(C)cc2n1. The maximum absolute atomic E-state index is 15.1. The van der Waals surface area contributed by atoms with Crippen molar-refractivity contribution in [2.45, 2.75) is 58.8 Å². The van der Waals surface area contributed by atoms with E-state index in [2.05, 4.69) is 30.2 Å². The monoisotopic (exact) mass is 606 g/mol. The first kappa shape index (κ1) is 30.0. The van der Waals surface area contributed by atoms with E-state index in [1.807, 2.05) is 19.1 Å². The molecule has 2 atom stereocenters. The van der Waals surface area contributed by atoms with Crippen LogP contribution in [0.15, 0.2) is 42.9 Å². The first-order chi connectivity index (χ1) is 20.4. The fourth-order valence-electron chi connectivity index (χ4n) is 4.25. The molecule has 0 saturated heterocycles. The van der Waals surface area contributed by atoms with Crippen molar-refractivity contribution in [3.8, 4) is 22.2 Å². The number of aromatic nitrogens is 5. The normalized spacial score (nSPS) is 13.1. The number of amides is 1. The fourth-order valence-corrected chi connectivity index (χ4v) is 5.24. The second-order valence-electron chi connectivity index (χ2n) is 10.8. The summed E-state index contributed by atoms with van der Waals surface area (Å²) in [5.41, 5.74) is 2.95. The van der Waals surface area contributed by atoms with E-state index in [9.17, 15) is 9.90 Å². The largest absolute Gasteiger partial charge is 0.484 e. The van der Waals surface area contributed by atoms with E-state index in [4.69, 9.17) is 14.2 Å². The highest BCUT2D eigenvalue weighted by Gasteiger charge is 2.22. The van der Waals surface area contributed by atoms with Gasteiger partial charge in [0.15, 0.2) is 11.6 Å². The van der Waals surface area contributed by atoms with E-state index in [-0.39, 0.29) is 12.2 Å². The number of thiazole rings is 1. The molecule has 0 fully saturated rings. The van der Waals surface area contributed by atoms with Gasteiger partial charge in [0.1, 0.15) is 23.0 Å². The number of hydrogen-bond donors (Lipinski definition) is 2. The highest BCUT2D eigenvalue weighted by atomic mass is 32.1. The van der Waals surface area contributed by atoms with Crippen LogP contribution in [-0.2, 0) is 11.2 Å². The predicted octanol–water partition coefficient (Wildman–Crippen LogP) is 5.87. The fraction of sp³-hybridized carbons (Fsp3) is 0.333. The highest BCUT2D eigenvalue weighted by Crippen LogP contribution is 2.37. The molecule has 3 aromatic heterocycles. The number of carbonyl (C=O) groups is 1. The number of hydrogen-bond acceptors (Lipinski definition) is 11. The van der Waals surface area contributed by atoms with Gasteiger partial charge in [0, 0.05) is 24.1 Å². The molecule has 0 aliphatic heterocycles. The molecule has 11 nitrogen and oxygen atoms in total. The first-order valence-electron chi connectivity index (χ1n) is 13.5. The van der Waals surface area contributed by atoms with Crippen LogP contribution in [0.1, 0.15) is 39.1 Å². The molecule has 2 aromatic carbocycles. The van der Waals surface area contributed by atoms with Gasteiger partial charge < -0.3 is 19.3 Å². The Morgan fingerprint density at radius 3 is 2.49 bits per heavy atom. The third kappa shape index (κ3) is 7.12. The molecule has 0 unspecified atom stereocenters. The third-order valence-electron chi connectivity index (χ3n) is 6.46. The molecule has 224 valence electrons. The Morgan fingerprint density at radius 1 is 1.05 bits per heavy atom. The number of halogens is 1. The van der Waals surface area contributed by atoms with Gasteiger partial charge in [-0.15, -0.1) is 11.3 Å². The summed E-state index contributed by atoms with van der Waals surface area (Å²) in [6.07, 6.45) is 2.53. The minimum Gasteiger partial charge on any atom is -0.484 e. The van der Waals surface area contributed by atoms with Gasteiger partial charge in [0.25, 0.3) is 0 Å². The minimum atomic E-state index is -0.952. The van der Waals surface area contributed by atoms with Crippen molar-refractivity contribution in [1.29, 1.82) is 0 Å². The van der Waals surface area contributed by atoms with Gasteiger partial charge in [-0.2, -0.15) is 0 Å². The van der Waals surface area contributed by atoms with Crippen molar-refractivity contribution in [2.24, 2.45) is 0 Å². The van der Waals surface area contributed by atoms with Crippen LogP contribution in [-0.4, -0.2) is 61.0 Å². The summed E-state index contributed by atoms with van der Waals surface area (Å²) in [4.78, 5) is 34.4. The summed E-state index contributed by atoms with van der Waals surface area (Å²) < 4.78 is 32.3. The smallest absolute Gasteiger partial charge is 0.412 e. The van der Waals surface area contributed by atoms with E-state index in [0.717, 1.165) is 11.1 Å². The molecular weight excluding hydrogens is 575 g/mol. The van der Waals surface area contributed by atoms with E-state index in [1.54, 1.807) is 40.0 Å². The summed E-state index contributed by atoms with van der Waals surface area (Å²) in [5.74, 6) is 0.277. The molecule has 3 heterocycles. The van der Waals surface area contributed by atoms with Gasteiger partial charge in [-0.3, -0.25) is 5.32 Å². The number of carbonyl (C=O) groups excluding carboxylic acids is 1. The van der Waals surface area contributed by atoms with Crippen molar-refractivity contribution in [1.82, 2.24) is 24.9 Å². The molecule has 13 heteroatoms. The molecule has 0 aliphatic carbocycles.